The molecule has 0 unspecified atom stereocenters. The lowest BCUT2D eigenvalue weighted by molar-refractivity contribution is 0.521. The number of anilines is 2. The Kier molecular flexibility index (Phi) is 4.33. The molecule has 23 heavy (non-hydrogen) atoms. The van der Waals surface area contributed by atoms with E-state index in [1.54, 1.807) is 12.4 Å². The molecule has 7 heteroatoms. The number of rotatable bonds is 3. The molecule has 1 aliphatic heterocycles. The lowest BCUT2D eigenvalue weighted by atomic mass is 10.0. The Morgan fingerprint density at radius 1 is 1.26 bits per heavy atom. The average Bonchev–Trinajstić information content (AvgIpc) is 2.60. The van der Waals surface area contributed by atoms with Gasteiger partial charge in [0.15, 0.2) is 5.82 Å². The minimum Gasteiger partial charge on any atom is -0.363 e. The maximum Gasteiger partial charge on any atom is 0.225 e. The summed E-state index contributed by atoms with van der Waals surface area (Å²) in [5.74, 6) is 1.31. The topological polar surface area (TPSA) is 90.6 Å². The predicted octanol–water partition coefficient (Wildman–Crippen LogP) is 1.84. The Bertz CT molecular complexity index is 723. The van der Waals surface area contributed by atoms with Crippen molar-refractivity contribution in [2.75, 3.05) is 23.3 Å². The van der Waals surface area contributed by atoms with E-state index in [2.05, 4.69) is 36.5 Å². The third-order valence-corrected chi connectivity index (χ3v) is 4.16. The SMILES string of the molecule is Cc1nnc(N[C@@H]2CCCN(c3ncccn3)C2)c(C#N)c1C. The molecular formula is C16H19N7. The Hall–Kier alpha value is -2.75. The van der Waals surface area contributed by atoms with Crippen molar-refractivity contribution in [3.05, 3.63) is 35.3 Å². The second-order valence-electron chi connectivity index (χ2n) is 5.72. The van der Waals surface area contributed by atoms with Crippen LogP contribution in [0.5, 0.6) is 0 Å². The van der Waals surface area contributed by atoms with Gasteiger partial charge in [0.25, 0.3) is 0 Å². The maximum absolute atomic E-state index is 9.39. The van der Waals surface area contributed by atoms with E-state index in [1.807, 2.05) is 19.9 Å². The molecule has 3 heterocycles. The molecule has 7 nitrogen and oxygen atoms in total. The Labute approximate surface area is 135 Å². The van der Waals surface area contributed by atoms with Gasteiger partial charge in [0.1, 0.15) is 11.6 Å². The number of nitrogens with zero attached hydrogens (tertiary/aromatic N) is 6. The Morgan fingerprint density at radius 3 is 2.78 bits per heavy atom. The third-order valence-electron chi connectivity index (χ3n) is 4.16. The van der Waals surface area contributed by atoms with Crippen LogP contribution in [0.25, 0.3) is 0 Å². The summed E-state index contributed by atoms with van der Waals surface area (Å²) in [5, 5.41) is 21.1. The van der Waals surface area contributed by atoms with Crippen LogP contribution in [-0.2, 0) is 0 Å². The fourth-order valence-corrected chi connectivity index (χ4v) is 2.77. The van der Waals surface area contributed by atoms with Gasteiger partial charge in [-0.2, -0.15) is 10.4 Å². The first-order chi connectivity index (χ1) is 11.2. The molecular weight excluding hydrogens is 290 g/mol. The lowest BCUT2D eigenvalue weighted by Crippen LogP contribution is -2.43. The van der Waals surface area contributed by atoms with Crippen LogP contribution < -0.4 is 10.2 Å². The van der Waals surface area contributed by atoms with E-state index in [9.17, 15) is 5.26 Å². The summed E-state index contributed by atoms with van der Waals surface area (Å²) in [5.41, 5.74) is 2.24. The van der Waals surface area contributed by atoms with Crippen molar-refractivity contribution in [1.82, 2.24) is 20.2 Å². The van der Waals surface area contributed by atoms with Gasteiger partial charge in [-0.25, -0.2) is 9.97 Å². The van der Waals surface area contributed by atoms with Crippen LogP contribution >= 0.6 is 0 Å². The van der Waals surface area contributed by atoms with Crippen molar-refractivity contribution >= 4 is 11.8 Å². The number of aromatic nitrogens is 4. The molecule has 1 fully saturated rings. The molecule has 0 aromatic carbocycles. The molecule has 0 spiro atoms. The zero-order chi connectivity index (χ0) is 16.2. The van der Waals surface area contributed by atoms with E-state index in [1.165, 1.54) is 0 Å². The van der Waals surface area contributed by atoms with Gasteiger partial charge >= 0.3 is 0 Å². The molecule has 3 rings (SSSR count). The van der Waals surface area contributed by atoms with E-state index in [0.29, 0.717) is 11.4 Å². The van der Waals surface area contributed by atoms with Crippen molar-refractivity contribution in [2.45, 2.75) is 32.7 Å². The van der Waals surface area contributed by atoms with E-state index in [-0.39, 0.29) is 6.04 Å². The summed E-state index contributed by atoms with van der Waals surface area (Å²) < 4.78 is 0. The minimum atomic E-state index is 0.191. The molecule has 0 amide bonds. The number of aryl methyl sites for hydroxylation is 1. The number of hydrogen-bond acceptors (Lipinski definition) is 7. The lowest BCUT2D eigenvalue weighted by Gasteiger charge is -2.33. The first kappa shape index (κ1) is 15.2. The first-order valence-electron chi connectivity index (χ1n) is 7.71. The molecule has 0 bridgehead atoms. The summed E-state index contributed by atoms with van der Waals surface area (Å²) in [6.07, 6.45) is 5.56. The normalized spacial score (nSPS) is 17.6. The van der Waals surface area contributed by atoms with Gasteiger partial charge in [0.2, 0.25) is 5.95 Å². The number of nitriles is 1. The first-order valence-corrected chi connectivity index (χ1v) is 7.71. The molecule has 0 aliphatic carbocycles. The summed E-state index contributed by atoms with van der Waals surface area (Å²) in [7, 11) is 0. The predicted molar refractivity (Wildman–Crippen MR) is 87.1 cm³/mol. The molecule has 2 aromatic heterocycles. The van der Waals surface area contributed by atoms with Crippen LogP contribution in [-0.4, -0.2) is 39.3 Å². The van der Waals surface area contributed by atoms with Crippen molar-refractivity contribution in [3.63, 3.8) is 0 Å². The van der Waals surface area contributed by atoms with E-state index in [4.69, 9.17) is 0 Å². The van der Waals surface area contributed by atoms with E-state index in [0.717, 1.165) is 43.1 Å². The van der Waals surface area contributed by atoms with Gasteiger partial charge in [-0.15, -0.1) is 5.10 Å². The molecule has 1 saturated heterocycles. The van der Waals surface area contributed by atoms with E-state index >= 15 is 0 Å². The second kappa shape index (κ2) is 6.57. The van der Waals surface area contributed by atoms with Crippen LogP contribution in [0.3, 0.4) is 0 Å². The quantitative estimate of drug-likeness (QED) is 0.925. The molecule has 0 saturated carbocycles. The van der Waals surface area contributed by atoms with E-state index < -0.39 is 0 Å². The highest BCUT2D eigenvalue weighted by atomic mass is 15.3. The highest BCUT2D eigenvalue weighted by molar-refractivity contribution is 5.56. The molecule has 1 aliphatic rings. The highest BCUT2D eigenvalue weighted by Crippen LogP contribution is 2.22. The summed E-state index contributed by atoms with van der Waals surface area (Å²) >= 11 is 0. The van der Waals surface area contributed by atoms with Gasteiger partial charge in [0.05, 0.1) is 5.69 Å². The largest absolute Gasteiger partial charge is 0.363 e. The molecule has 2 aromatic rings. The monoisotopic (exact) mass is 309 g/mol. The number of hydrogen-bond donors (Lipinski definition) is 1. The van der Waals surface area contributed by atoms with Crippen molar-refractivity contribution in [1.29, 1.82) is 5.26 Å². The minimum absolute atomic E-state index is 0.191. The van der Waals surface area contributed by atoms with Crippen molar-refractivity contribution < 1.29 is 0 Å². The fourth-order valence-electron chi connectivity index (χ4n) is 2.77. The van der Waals surface area contributed by atoms with Gasteiger partial charge < -0.3 is 10.2 Å². The third kappa shape index (κ3) is 3.21. The smallest absolute Gasteiger partial charge is 0.225 e. The number of nitrogens with one attached hydrogen (secondary N) is 1. The number of piperidine rings is 1. The highest BCUT2D eigenvalue weighted by Gasteiger charge is 2.23. The van der Waals surface area contributed by atoms with Gasteiger partial charge in [0, 0.05) is 31.5 Å². The Morgan fingerprint density at radius 2 is 2.04 bits per heavy atom. The van der Waals surface area contributed by atoms with Crippen LogP contribution in [0.2, 0.25) is 0 Å². The second-order valence-corrected chi connectivity index (χ2v) is 5.72. The van der Waals surface area contributed by atoms with Gasteiger partial charge in [-0.05, 0) is 38.3 Å². The average molecular weight is 309 g/mol. The van der Waals surface area contributed by atoms with Crippen LogP contribution in [0.4, 0.5) is 11.8 Å². The molecule has 1 N–H and O–H groups in total. The Balaban J connectivity index is 1.76. The maximum atomic E-state index is 9.39. The molecule has 0 radical (unpaired) electrons. The standard InChI is InChI=1S/C16H19N7/c1-11-12(2)21-22-15(14(11)9-17)20-13-5-3-8-23(10-13)16-18-6-4-7-19-16/h4,6-7,13H,3,5,8,10H2,1-2H3,(H,20,22)/t13-/m1/s1. The van der Waals surface area contributed by atoms with Crippen LogP contribution in [0.1, 0.15) is 29.7 Å². The molecule has 1 atom stereocenters. The summed E-state index contributed by atoms with van der Waals surface area (Å²) in [6.45, 7) is 5.48. The summed E-state index contributed by atoms with van der Waals surface area (Å²) in [4.78, 5) is 10.8. The molecule has 118 valence electrons. The van der Waals surface area contributed by atoms with Crippen molar-refractivity contribution in [3.8, 4) is 6.07 Å². The van der Waals surface area contributed by atoms with Crippen molar-refractivity contribution in [2.24, 2.45) is 0 Å². The van der Waals surface area contributed by atoms with Gasteiger partial charge in [-0.1, -0.05) is 0 Å². The summed E-state index contributed by atoms with van der Waals surface area (Å²) in [6, 6.07) is 4.24. The fraction of sp³-hybridized carbons (Fsp3) is 0.438. The van der Waals surface area contributed by atoms with Crippen LogP contribution in [0, 0.1) is 25.2 Å². The van der Waals surface area contributed by atoms with Gasteiger partial charge in [-0.3, -0.25) is 0 Å². The zero-order valence-electron chi connectivity index (χ0n) is 13.3. The zero-order valence-corrected chi connectivity index (χ0v) is 13.3. The van der Waals surface area contributed by atoms with Crippen LogP contribution in [0.15, 0.2) is 18.5 Å².